The van der Waals surface area contributed by atoms with Gasteiger partial charge in [-0.25, -0.2) is 0 Å². The summed E-state index contributed by atoms with van der Waals surface area (Å²) >= 11 is 0. The van der Waals surface area contributed by atoms with Crippen molar-refractivity contribution in [2.75, 3.05) is 0 Å². The Hall–Kier alpha value is -0.335. The van der Waals surface area contributed by atoms with E-state index >= 15 is 0 Å². The van der Waals surface area contributed by atoms with E-state index in [-0.39, 0.29) is 0 Å². The van der Waals surface area contributed by atoms with Gasteiger partial charge in [0, 0.05) is 0 Å². The first-order valence-corrected chi connectivity index (χ1v) is 1.18. The molecule has 0 aliphatic heterocycles. The van der Waals surface area contributed by atoms with E-state index in [1.807, 2.05) is 0 Å². The van der Waals surface area contributed by atoms with E-state index < -0.39 is 7.27 Å². The molecule has 0 amide bonds. The summed E-state index contributed by atoms with van der Waals surface area (Å²) in [4.78, 5) is 0. The minimum absolute atomic E-state index is 0.583. The zero-order valence-electron chi connectivity index (χ0n) is 2.62. The minimum Gasteiger partial charge on any atom is -0.282 e. The largest absolute Gasteiger partial charge is 0.564 e. The molecule has 0 N–H and O–H groups in total. The fraction of sp³-hybridized carbons (Fsp3) is 0. The van der Waals surface area contributed by atoms with Crippen LogP contribution in [0.25, 0.3) is 0 Å². The number of halogens is 2. The van der Waals surface area contributed by atoms with Crippen LogP contribution in [0.3, 0.4) is 0 Å². The van der Waals surface area contributed by atoms with Crippen molar-refractivity contribution in [1.29, 1.82) is 0 Å². The topological polar surface area (TPSA) is 0 Å². The van der Waals surface area contributed by atoms with E-state index in [0.717, 1.165) is 0 Å². The third kappa shape index (κ3) is 3.66. The molecule has 0 heterocycles. The van der Waals surface area contributed by atoms with Crippen molar-refractivity contribution in [1.82, 2.24) is 0 Å². The Bertz CT molecular complexity index is 34.6. The van der Waals surface area contributed by atoms with E-state index in [1.165, 1.54) is 0 Å². The van der Waals surface area contributed by atoms with Gasteiger partial charge in [-0.15, -0.1) is 6.58 Å². The monoisotopic (exact) mass is 76.0 g/mol. The van der Waals surface area contributed by atoms with Crippen LogP contribution in [0, 0.1) is 0 Å². The molecule has 3 heteroatoms. The Kier molecular flexibility index (Phi) is 1.81. The minimum atomic E-state index is -2.35. The van der Waals surface area contributed by atoms with Crippen LogP contribution in [0.15, 0.2) is 12.6 Å². The lowest BCUT2D eigenvalue weighted by Crippen LogP contribution is -1.84. The molecule has 0 saturated heterocycles. The molecule has 0 rings (SSSR count). The molecule has 0 saturated carbocycles. The van der Waals surface area contributed by atoms with Gasteiger partial charge in [0.1, 0.15) is 0 Å². The molecule has 0 radical (unpaired) electrons. The van der Waals surface area contributed by atoms with Crippen molar-refractivity contribution in [3.05, 3.63) is 12.6 Å². The summed E-state index contributed by atoms with van der Waals surface area (Å²) in [6.45, 7) is 2.81. The van der Waals surface area contributed by atoms with Gasteiger partial charge in [0.25, 0.3) is 0 Å². The molecule has 0 aromatic rings. The van der Waals surface area contributed by atoms with E-state index in [0.29, 0.717) is 5.98 Å². The molecule has 0 spiro atoms. The highest BCUT2D eigenvalue weighted by atomic mass is 19.2. The van der Waals surface area contributed by atoms with Crippen LogP contribution in [0.5, 0.6) is 0 Å². The highest BCUT2D eigenvalue weighted by Gasteiger charge is 2.00. The molecule has 0 aromatic heterocycles. The first kappa shape index (κ1) is 4.66. The van der Waals surface area contributed by atoms with E-state index in [4.69, 9.17) is 0 Å². The van der Waals surface area contributed by atoms with Gasteiger partial charge >= 0.3 is 7.27 Å². The van der Waals surface area contributed by atoms with Crippen LogP contribution in [-0.2, 0) is 0 Å². The highest BCUT2D eigenvalue weighted by molar-refractivity contribution is 6.48. The lowest BCUT2D eigenvalue weighted by atomic mass is 10.0. The smallest absolute Gasteiger partial charge is 0.282 e. The molecular formula is C2H3BF2. The van der Waals surface area contributed by atoms with Crippen molar-refractivity contribution in [2.24, 2.45) is 0 Å². The molecule has 0 unspecified atom stereocenters. The molecule has 0 fully saturated rings. The Morgan fingerprint density at radius 1 is 1.60 bits per heavy atom. The number of rotatable bonds is 1. The molecule has 5 heavy (non-hydrogen) atoms. The summed E-state index contributed by atoms with van der Waals surface area (Å²) in [5.74, 6) is 0.583. The average Bonchev–Trinajstić information content (AvgIpc) is 1.38. The maximum Gasteiger partial charge on any atom is 0.564 e. The van der Waals surface area contributed by atoms with Crippen LogP contribution in [0.2, 0.25) is 0 Å². The fourth-order valence-electron chi connectivity index (χ4n) is 0. The van der Waals surface area contributed by atoms with Gasteiger partial charge in [0.2, 0.25) is 0 Å². The normalized spacial score (nSPS) is 6.80. The Balaban J connectivity index is 2.83. The quantitative estimate of drug-likeness (QED) is 0.410. The maximum atomic E-state index is 10.6. The SMILES string of the molecule is C=CB(F)F. The van der Waals surface area contributed by atoms with Gasteiger partial charge in [-0.2, -0.15) is 0 Å². The molecule has 0 aliphatic rings. The van der Waals surface area contributed by atoms with Crippen LogP contribution < -0.4 is 0 Å². The Morgan fingerprint density at radius 2 is 1.80 bits per heavy atom. The molecule has 0 aromatic carbocycles. The van der Waals surface area contributed by atoms with E-state index in [9.17, 15) is 8.63 Å². The predicted molar refractivity (Wildman–Crippen MR) is 18.2 cm³/mol. The third-order valence-electron chi connectivity index (χ3n) is 0.178. The second-order valence-electron chi connectivity index (χ2n) is 0.570. The van der Waals surface area contributed by atoms with Crippen molar-refractivity contribution >= 4 is 7.27 Å². The summed E-state index contributed by atoms with van der Waals surface area (Å²) in [6, 6.07) is 0. The van der Waals surface area contributed by atoms with Gasteiger partial charge in [-0.3, -0.25) is 8.63 Å². The second kappa shape index (κ2) is 1.94. The summed E-state index contributed by atoms with van der Waals surface area (Å²) in [5.41, 5.74) is 0. The lowest BCUT2D eigenvalue weighted by molar-refractivity contribution is 0.683. The Morgan fingerprint density at radius 3 is 1.80 bits per heavy atom. The lowest BCUT2D eigenvalue weighted by Gasteiger charge is -1.66. The summed E-state index contributed by atoms with van der Waals surface area (Å²) in [6.07, 6.45) is 0. The fourth-order valence-corrected chi connectivity index (χ4v) is 0. The average molecular weight is 75.9 g/mol. The molecule has 28 valence electrons. The summed E-state index contributed by atoms with van der Waals surface area (Å²) < 4.78 is 21.3. The molecule has 0 nitrogen and oxygen atoms in total. The van der Waals surface area contributed by atoms with Gasteiger partial charge in [-0.05, 0) is 0 Å². The molecule has 0 aliphatic carbocycles. The van der Waals surface area contributed by atoms with Crippen LogP contribution in [-0.4, -0.2) is 7.27 Å². The first-order valence-electron chi connectivity index (χ1n) is 1.18. The van der Waals surface area contributed by atoms with Crippen LogP contribution in [0.1, 0.15) is 0 Å². The predicted octanol–water partition coefficient (Wildman–Crippen LogP) is 1.14. The Labute approximate surface area is 29.7 Å². The van der Waals surface area contributed by atoms with Gasteiger partial charge in [0.05, 0.1) is 0 Å². The first-order chi connectivity index (χ1) is 2.27. The highest BCUT2D eigenvalue weighted by Crippen LogP contribution is 1.81. The van der Waals surface area contributed by atoms with Crippen molar-refractivity contribution in [2.45, 2.75) is 0 Å². The summed E-state index contributed by atoms with van der Waals surface area (Å²) in [5, 5.41) is 0. The van der Waals surface area contributed by atoms with Crippen LogP contribution >= 0.6 is 0 Å². The van der Waals surface area contributed by atoms with Gasteiger partial charge in [0.15, 0.2) is 0 Å². The second-order valence-corrected chi connectivity index (χ2v) is 0.570. The van der Waals surface area contributed by atoms with Crippen molar-refractivity contribution < 1.29 is 8.63 Å². The number of hydrogen-bond donors (Lipinski definition) is 0. The standard InChI is InChI=1S/C2H3BF2/c1-2-3(4)5/h2H,1H2. The molecule has 0 bridgehead atoms. The number of hydrogen-bond acceptors (Lipinski definition) is 0. The van der Waals surface area contributed by atoms with E-state index in [1.54, 1.807) is 0 Å². The zero-order valence-corrected chi connectivity index (χ0v) is 2.62. The van der Waals surface area contributed by atoms with Crippen molar-refractivity contribution in [3.63, 3.8) is 0 Å². The molecule has 0 atom stereocenters. The zero-order chi connectivity index (χ0) is 4.28. The van der Waals surface area contributed by atoms with Crippen molar-refractivity contribution in [3.8, 4) is 0 Å². The molecular weight excluding hydrogens is 72.8 g/mol. The summed E-state index contributed by atoms with van der Waals surface area (Å²) in [7, 11) is -2.35. The maximum absolute atomic E-state index is 10.6. The van der Waals surface area contributed by atoms with Gasteiger partial charge in [-0.1, -0.05) is 5.98 Å². The van der Waals surface area contributed by atoms with Gasteiger partial charge < -0.3 is 0 Å². The van der Waals surface area contributed by atoms with E-state index in [2.05, 4.69) is 6.58 Å². The third-order valence-corrected chi connectivity index (χ3v) is 0.178. The van der Waals surface area contributed by atoms with Crippen LogP contribution in [0.4, 0.5) is 8.63 Å².